The molecule has 0 saturated heterocycles. The van der Waals surface area contributed by atoms with Gasteiger partial charge >= 0.3 is 0 Å². The minimum Gasteiger partial charge on any atom is -0.275 e. The topological polar surface area (TPSA) is 71.5 Å². The van der Waals surface area contributed by atoms with E-state index in [1.807, 2.05) is 6.92 Å². The second-order valence-corrected chi connectivity index (χ2v) is 10.6. The summed E-state index contributed by atoms with van der Waals surface area (Å²) in [5, 5.41) is 0. The van der Waals surface area contributed by atoms with E-state index in [9.17, 15) is 18.0 Å². The van der Waals surface area contributed by atoms with E-state index in [2.05, 4.69) is 15.9 Å². The van der Waals surface area contributed by atoms with Crippen LogP contribution in [0.25, 0.3) is 0 Å². The Labute approximate surface area is 173 Å². The van der Waals surface area contributed by atoms with Crippen LogP contribution < -0.4 is 0 Å². The molecular formula is C21H22BrNO4S. The van der Waals surface area contributed by atoms with E-state index in [4.69, 9.17) is 0 Å². The molecule has 28 heavy (non-hydrogen) atoms. The molecule has 0 aromatic heterocycles. The lowest BCUT2D eigenvalue weighted by Gasteiger charge is -2.41. The molecule has 0 radical (unpaired) electrons. The van der Waals surface area contributed by atoms with Gasteiger partial charge in [0.15, 0.2) is 9.84 Å². The summed E-state index contributed by atoms with van der Waals surface area (Å²) in [6.07, 6.45) is 0. The number of rotatable bonds is 4. The Morgan fingerprint density at radius 1 is 1.07 bits per heavy atom. The van der Waals surface area contributed by atoms with Gasteiger partial charge < -0.3 is 0 Å². The predicted molar refractivity (Wildman–Crippen MR) is 111 cm³/mol. The van der Waals surface area contributed by atoms with Gasteiger partial charge in [0.25, 0.3) is 5.91 Å². The zero-order chi connectivity index (χ0) is 20.9. The van der Waals surface area contributed by atoms with Crippen LogP contribution >= 0.6 is 15.9 Å². The average molecular weight is 464 g/mol. The first-order valence-electron chi connectivity index (χ1n) is 8.95. The highest BCUT2D eigenvalue weighted by Gasteiger charge is 2.50. The Kier molecular flexibility index (Phi) is 5.27. The van der Waals surface area contributed by atoms with Crippen LogP contribution in [0.4, 0.5) is 0 Å². The molecule has 2 aromatic rings. The summed E-state index contributed by atoms with van der Waals surface area (Å²) in [6, 6.07) is 11.2. The van der Waals surface area contributed by atoms with Gasteiger partial charge in [0.05, 0.1) is 16.1 Å². The Bertz CT molecular complexity index is 1060. The smallest absolute Gasteiger partial charge is 0.261 e. The number of carbonyl (C=O) groups is 2. The molecule has 148 valence electrons. The maximum absolute atomic E-state index is 13.4. The molecule has 0 bridgehead atoms. The van der Waals surface area contributed by atoms with Crippen molar-refractivity contribution in [3.8, 4) is 0 Å². The molecule has 3 rings (SSSR count). The summed E-state index contributed by atoms with van der Waals surface area (Å²) in [7, 11) is -3.77. The maximum Gasteiger partial charge on any atom is 0.261 e. The molecule has 0 spiro atoms. The monoisotopic (exact) mass is 463 g/mol. The minimum atomic E-state index is -3.77. The van der Waals surface area contributed by atoms with Gasteiger partial charge in [0, 0.05) is 16.1 Å². The number of halogens is 1. The predicted octanol–water partition coefficient (Wildman–Crippen LogP) is 3.88. The summed E-state index contributed by atoms with van der Waals surface area (Å²) in [6.45, 7) is 6.97. The van der Waals surface area contributed by atoms with Crippen LogP contribution in [0, 0.1) is 6.92 Å². The molecule has 5 nitrogen and oxygen atoms in total. The lowest BCUT2D eigenvalue weighted by Crippen LogP contribution is -2.57. The standard InChI is InChI=1S/C21H22BrNO4S/c1-13(2)23-19(24)17-10-5-14(3)11-18(17)21(4,20(23)25)12-28(26,27)16-8-6-15(22)7-9-16/h5-11,13H,12H2,1-4H3. The van der Waals surface area contributed by atoms with Crippen LogP contribution in [0.15, 0.2) is 51.8 Å². The summed E-state index contributed by atoms with van der Waals surface area (Å²) < 4.78 is 27.1. The van der Waals surface area contributed by atoms with Gasteiger partial charge in [-0.1, -0.05) is 33.6 Å². The molecule has 2 aromatic carbocycles. The van der Waals surface area contributed by atoms with Gasteiger partial charge in [-0.25, -0.2) is 8.42 Å². The zero-order valence-electron chi connectivity index (χ0n) is 16.2. The van der Waals surface area contributed by atoms with Crippen LogP contribution in [-0.2, 0) is 20.0 Å². The van der Waals surface area contributed by atoms with Gasteiger partial charge in [-0.3, -0.25) is 14.5 Å². The first-order valence-corrected chi connectivity index (χ1v) is 11.4. The van der Waals surface area contributed by atoms with Gasteiger partial charge in [0.1, 0.15) is 0 Å². The zero-order valence-corrected chi connectivity index (χ0v) is 18.6. The molecule has 1 heterocycles. The van der Waals surface area contributed by atoms with Crippen LogP contribution in [0.3, 0.4) is 0 Å². The van der Waals surface area contributed by atoms with Crippen molar-refractivity contribution in [1.29, 1.82) is 0 Å². The van der Waals surface area contributed by atoms with Gasteiger partial charge in [0.2, 0.25) is 5.91 Å². The number of benzene rings is 2. The molecule has 0 N–H and O–H groups in total. The van der Waals surface area contributed by atoms with E-state index in [0.717, 1.165) is 10.0 Å². The van der Waals surface area contributed by atoms with Gasteiger partial charge in [-0.05, 0) is 63.6 Å². The largest absolute Gasteiger partial charge is 0.275 e. The third-order valence-electron chi connectivity index (χ3n) is 5.08. The molecule has 0 saturated carbocycles. The SMILES string of the molecule is Cc1ccc2c(c1)C(C)(CS(=O)(=O)c1ccc(Br)cc1)C(=O)N(C(C)C)C2=O. The number of carbonyl (C=O) groups excluding carboxylic acids is 2. The lowest BCUT2D eigenvalue weighted by atomic mass is 9.76. The molecule has 1 aliphatic rings. The summed E-state index contributed by atoms with van der Waals surface area (Å²) in [5.41, 5.74) is 0.364. The fraction of sp³-hybridized carbons (Fsp3) is 0.333. The second kappa shape index (κ2) is 7.12. The van der Waals surface area contributed by atoms with E-state index in [1.54, 1.807) is 51.1 Å². The molecule has 0 aliphatic carbocycles. The number of fused-ring (bicyclic) bond motifs is 1. The quantitative estimate of drug-likeness (QED) is 0.644. The highest BCUT2D eigenvalue weighted by Crippen LogP contribution is 2.38. The molecule has 2 amide bonds. The van der Waals surface area contributed by atoms with Crippen molar-refractivity contribution in [2.24, 2.45) is 0 Å². The molecule has 1 aliphatic heterocycles. The molecule has 7 heteroatoms. The van der Waals surface area contributed by atoms with Crippen LogP contribution in [0.1, 0.15) is 42.3 Å². The van der Waals surface area contributed by atoms with Crippen molar-refractivity contribution < 1.29 is 18.0 Å². The van der Waals surface area contributed by atoms with Crippen LogP contribution in [-0.4, -0.2) is 36.9 Å². The van der Waals surface area contributed by atoms with Crippen molar-refractivity contribution in [2.45, 2.75) is 44.0 Å². The first kappa shape index (κ1) is 20.7. The van der Waals surface area contributed by atoms with Crippen molar-refractivity contribution in [2.75, 3.05) is 5.75 Å². The molecule has 1 atom stereocenters. The van der Waals surface area contributed by atoms with Crippen LogP contribution in [0.5, 0.6) is 0 Å². The van der Waals surface area contributed by atoms with Crippen molar-refractivity contribution >= 4 is 37.6 Å². The summed E-state index contributed by atoms with van der Waals surface area (Å²) >= 11 is 3.30. The van der Waals surface area contributed by atoms with E-state index < -0.39 is 26.9 Å². The van der Waals surface area contributed by atoms with Gasteiger partial charge in [-0.15, -0.1) is 0 Å². The lowest BCUT2D eigenvalue weighted by molar-refractivity contribution is -0.135. The number of hydrogen-bond acceptors (Lipinski definition) is 4. The summed E-state index contributed by atoms with van der Waals surface area (Å²) in [4.78, 5) is 27.6. The normalized spacial score (nSPS) is 19.9. The van der Waals surface area contributed by atoms with E-state index in [1.165, 1.54) is 17.0 Å². The highest BCUT2D eigenvalue weighted by atomic mass is 79.9. The average Bonchev–Trinajstić information content (AvgIpc) is 2.60. The number of imide groups is 1. The molecular weight excluding hydrogens is 442 g/mol. The summed E-state index contributed by atoms with van der Waals surface area (Å²) in [5.74, 6) is -1.27. The number of aryl methyl sites for hydroxylation is 1. The third-order valence-corrected chi connectivity index (χ3v) is 7.55. The first-order chi connectivity index (χ1) is 13.0. The number of sulfone groups is 1. The van der Waals surface area contributed by atoms with E-state index >= 15 is 0 Å². The fourth-order valence-corrected chi connectivity index (χ4v) is 5.64. The number of hydrogen-bond donors (Lipinski definition) is 0. The second-order valence-electron chi connectivity index (χ2n) is 7.67. The van der Waals surface area contributed by atoms with Crippen LogP contribution in [0.2, 0.25) is 0 Å². The molecule has 0 fully saturated rings. The number of nitrogens with zero attached hydrogens (tertiary/aromatic N) is 1. The number of amides is 2. The maximum atomic E-state index is 13.4. The third kappa shape index (κ3) is 3.42. The molecule has 1 unspecified atom stereocenters. The van der Waals surface area contributed by atoms with Crippen molar-refractivity contribution in [1.82, 2.24) is 4.90 Å². The Balaban J connectivity index is 2.18. The Morgan fingerprint density at radius 2 is 1.68 bits per heavy atom. The van der Waals surface area contributed by atoms with E-state index in [0.29, 0.717) is 11.1 Å². The highest BCUT2D eigenvalue weighted by molar-refractivity contribution is 9.10. The van der Waals surface area contributed by atoms with Crippen molar-refractivity contribution in [3.63, 3.8) is 0 Å². The fourth-order valence-electron chi connectivity index (χ4n) is 3.62. The van der Waals surface area contributed by atoms with Crippen molar-refractivity contribution in [3.05, 3.63) is 63.6 Å². The Morgan fingerprint density at radius 3 is 2.25 bits per heavy atom. The van der Waals surface area contributed by atoms with Gasteiger partial charge in [-0.2, -0.15) is 0 Å². The van der Waals surface area contributed by atoms with E-state index in [-0.39, 0.29) is 16.8 Å². The minimum absolute atomic E-state index is 0.145. The Hall–Kier alpha value is -1.99.